The van der Waals surface area contributed by atoms with Gasteiger partial charge in [0.2, 0.25) is 0 Å². The van der Waals surface area contributed by atoms with Crippen LogP contribution in [0.4, 0.5) is 0 Å². The number of aliphatic carboxylic acids is 1. The van der Waals surface area contributed by atoms with Crippen LogP contribution in [-0.4, -0.2) is 39.1 Å². The fraction of sp³-hybridized carbons (Fsp3) is 0.545. The van der Waals surface area contributed by atoms with E-state index in [2.05, 4.69) is 15.3 Å². The summed E-state index contributed by atoms with van der Waals surface area (Å²) >= 11 is 1.64. The van der Waals surface area contributed by atoms with Gasteiger partial charge in [0.05, 0.1) is 0 Å². The van der Waals surface area contributed by atoms with Crippen molar-refractivity contribution in [1.82, 2.24) is 15.3 Å². The number of carbonyl (C=O) groups is 1. The van der Waals surface area contributed by atoms with Crippen LogP contribution in [0.5, 0.6) is 0 Å². The minimum absolute atomic E-state index is 0.478. The third kappa shape index (κ3) is 5.14. The van der Waals surface area contributed by atoms with Crippen LogP contribution < -0.4 is 5.32 Å². The zero-order chi connectivity index (χ0) is 12.7. The lowest BCUT2D eigenvalue weighted by molar-refractivity contribution is -0.139. The van der Waals surface area contributed by atoms with Gasteiger partial charge < -0.3 is 10.4 Å². The second kappa shape index (κ2) is 7.24. The van der Waals surface area contributed by atoms with Gasteiger partial charge in [0.25, 0.3) is 0 Å². The van der Waals surface area contributed by atoms with Crippen molar-refractivity contribution in [3.05, 3.63) is 23.8 Å². The van der Waals surface area contributed by atoms with Gasteiger partial charge in [0, 0.05) is 24.5 Å². The van der Waals surface area contributed by atoms with Crippen LogP contribution in [0.2, 0.25) is 0 Å². The molecule has 17 heavy (non-hydrogen) atoms. The maximum Gasteiger partial charge on any atom is 0.320 e. The largest absolute Gasteiger partial charge is 0.480 e. The summed E-state index contributed by atoms with van der Waals surface area (Å²) in [5, 5.41) is 12.0. The molecule has 0 spiro atoms. The Hall–Kier alpha value is -1.14. The Morgan fingerprint density at radius 2 is 2.18 bits per heavy atom. The molecule has 1 aromatic heterocycles. The lowest BCUT2D eigenvalue weighted by Crippen LogP contribution is -2.36. The van der Waals surface area contributed by atoms with E-state index >= 15 is 0 Å². The number of hydrogen-bond acceptors (Lipinski definition) is 5. The molecule has 0 saturated heterocycles. The monoisotopic (exact) mass is 255 g/mol. The van der Waals surface area contributed by atoms with E-state index in [-0.39, 0.29) is 0 Å². The van der Waals surface area contributed by atoms with Gasteiger partial charge in [-0.2, -0.15) is 11.8 Å². The van der Waals surface area contributed by atoms with Gasteiger partial charge in [0.1, 0.15) is 11.9 Å². The lowest BCUT2D eigenvalue weighted by atomic mass is 10.2. The Morgan fingerprint density at radius 1 is 1.53 bits per heavy atom. The number of carboxylic acids is 1. The highest BCUT2D eigenvalue weighted by molar-refractivity contribution is 7.98. The van der Waals surface area contributed by atoms with Gasteiger partial charge >= 0.3 is 5.97 Å². The van der Waals surface area contributed by atoms with Crippen molar-refractivity contribution in [3.8, 4) is 0 Å². The number of aromatic nitrogens is 2. The van der Waals surface area contributed by atoms with E-state index in [1.54, 1.807) is 24.2 Å². The summed E-state index contributed by atoms with van der Waals surface area (Å²) in [4.78, 5) is 19.1. The average molecular weight is 255 g/mol. The van der Waals surface area contributed by atoms with Crippen molar-refractivity contribution in [2.75, 3.05) is 12.0 Å². The zero-order valence-electron chi connectivity index (χ0n) is 10.0. The van der Waals surface area contributed by atoms with Gasteiger partial charge in [-0.15, -0.1) is 0 Å². The topological polar surface area (TPSA) is 75.1 Å². The normalized spacial score (nSPS) is 12.4. The van der Waals surface area contributed by atoms with Crippen LogP contribution in [0, 0.1) is 6.92 Å². The van der Waals surface area contributed by atoms with Crippen LogP contribution >= 0.6 is 11.8 Å². The van der Waals surface area contributed by atoms with Gasteiger partial charge in [0.15, 0.2) is 0 Å². The minimum Gasteiger partial charge on any atom is -0.480 e. The molecule has 0 saturated carbocycles. The first-order valence-electron chi connectivity index (χ1n) is 5.36. The smallest absolute Gasteiger partial charge is 0.320 e. The quantitative estimate of drug-likeness (QED) is 0.759. The molecule has 1 unspecified atom stereocenters. The van der Waals surface area contributed by atoms with E-state index in [9.17, 15) is 4.79 Å². The number of aryl methyl sites for hydroxylation is 1. The SMILES string of the molecule is CSCCC(NCc1cnc(C)nc1)C(=O)O. The average Bonchev–Trinajstić information content (AvgIpc) is 2.31. The van der Waals surface area contributed by atoms with Crippen molar-refractivity contribution < 1.29 is 9.90 Å². The van der Waals surface area contributed by atoms with E-state index in [0.717, 1.165) is 11.3 Å². The Kier molecular flexibility index (Phi) is 5.93. The van der Waals surface area contributed by atoms with Crippen molar-refractivity contribution in [2.24, 2.45) is 0 Å². The van der Waals surface area contributed by atoms with Gasteiger partial charge in [-0.25, -0.2) is 9.97 Å². The molecular formula is C11H17N3O2S. The summed E-state index contributed by atoms with van der Waals surface area (Å²) in [6, 6.07) is -0.510. The third-order valence-corrected chi connectivity index (χ3v) is 2.94. The first-order chi connectivity index (χ1) is 8.13. The zero-order valence-corrected chi connectivity index (χ0v) is 10.8. The molecule has 94 valence electrons. The highest BCUT2D eigenvalue weighted by Crippen LogP contribution is 2.03. The van der Waals surface area contributed by atoms with Crippen LogP contribution in [-0.2, 0) is 11.3 Å². The van der Waals surface area contributed by atoms with Crippen molar-refractivity contribution in [3.63, 3.8) is 0 Å². The third-order valence-electron chi connectivity index (χ3n) is 2.30. The summed E-state index contributed by atoms with van der Waals surface area (Å²) in [5.74, 6) is 0.729. The summed E-state index contributed by atoms with van der Waals surface area (Å²) in [7, 11) is 0. The predicted molar refractivity (Wildman–Crippen MR) is 68.0 cm³/mol. The molecule has 0 bridgehead atoms. The van der Waals surface area contributed by atoms with E-state index < -0.39 is 12.0 Å². The molecule has 0 aliphatic rings. The van der Waals surface area contributed by atoms with Crippen LogP contribution in [0.25, 0.3) is 0 Å². The van der Waals surface area contributed by atoms with Crippen molar-refractivity contribution in [1.29, 1.82) is 0 Å². The molecule has 5 nitrogen and oxygen atoms in total. The second-order valence-corrected chi connectivity index (χ2v) is 4.68. The van der Waals surface area contributed by atoms with E-state index in [1.807, 2.05) is 13.2 Å². The summed E-state index contributed by atoms with van der Waals surface area (Å²) < 4.78 is 0. The Balaban J connectivity index is 2.45. The highest BCUT2D eigenvalue weighted by atomic mass is 32.2. The molecule has 0 fully saturated rings. The molecule has 1 rings (SSSR count). The molecule has 6 heteroatoms. The molecule has 0 amide bonds. The highest BCUT2D eigenvalue weighted by Gasteiger charge is 2.15. The molecule has 0 aliphatic heterocycles. The van der Waals surface area contributed by atoms with Gasteiger partial charge in [-0.1, -0.05) is 0 Å². The fourth-order valence-corrected chi connectivity index (χ4v) is 1.77. The second-order valence-electron chi connectivity index (χ2n) is 3.69. The Bertz CT molecular complexity index is 356. The van der Waals surface area contributed by atoms with E-state index in [4.69, 9.17) is 5.11 Å². The molecular weight excluding hydrogens is 238 g/mol. The fourth-order valence-electron chi connectivity index (χ4n) is 1.30. The van der Waals surface area contributed by atoms with Gasteiger partial charge in [-0.05, 0) is 25.4 Å². The summed E-state index contributed by atoms with van der Waals surface area (Å²) in [5.41, 5.74) is 0.894. The standard InChI is InChI=1S/C11H17N3O2S/c1-8-12-5-9(6-13-8)7-14-10(11(15)16)3-4-17-2/h5-6,10,14H,3-4,7H2,1-2H3,(H,15,16). The maximum atomic E-state index is 11.0. The van der Waals surface area contributed by atoms with Crippen LogP contribution in [0.15, 0.2) is 12.4 Å². The molecule has 0 aliphatic carbocycles. The number of hydrogen-bond donors (Lipinski definition) is 2. The lowest BCUT2D eigenvalue weighted by Gasteiger charge is -2.13. The Labute approximate surface area is 105 Å². The summed E-state index contributed by atoms with van der Waals surface area (Å²) in [6.45, 7) is 2.29. The van der Waals surface area contributed by atoms with Gasteiger partial charge in [-0.3, -0.25) is 4.79 Å². The number of thioether (sulfide) groups is 1. The first kappa shape index (κ1) is 13.9. The predicted octanol–water partition coefficient (Wildman–Crippen LogP) is 1.08. The number of rotatable bonds is 7. The van der Waals surface area contributed by atoms with E-state index in [1.165, 1.54) is 0 Å². The molecule has 0 radical (unpaired) electrons. The van der Waals surface area contributed by atoms with Crippen molar-refractivity contribution in [2.45, 2.75) is 25.9 Å². The number of nitrogens with one attached hydrogen (secondary N) is 1. The first-order valence-corrected chi connectivity index (χ1v) is 6.75. The minimum atomic E-state index is -0.813. The maximum absolute atomic E-state index is 11.0. The number of nitrogens with zero attached hydrogens (tertiary/aromatic N) is 2. The molecule has 1 atom stereocenters. The van der Waals surface area contributed by atoms with E-state index in [0.29, 0.717) is 18.8 Å². The van der Waals surface area contributed by atoms with Crippen LogP contribution in [0.3, 0.4) is 0 Å². The summed E-state index contributed by atoms with van der Waals surface area (Å²) in [6.07, 6.45) is 6.00. The molecule has 1 aromatic rings. The Morgan fingerprint density at radius 3 is 2.71 bits per heavy atom. The van der Waals surface area contributed by atoms with Crippen molar-refractivity contribution >= 4 is 17.7 Å². The molecule has 1 heterocycles. The molecule has 2 N–H and O–H groups in total. The number of carboxylic acid groups (broad SMARTS) is 1. The van der Waals surface area contributed by atoms with Crippen LogP contribution in [0.1, 0.15) is 17.8 Å². The molecule has 0 aromatic carbocycles.